The average Bonchev–Trinajstić information content (AvgIpc) is 2.76. The number of aromatic nitrogens is 1. The van der Waals surface area contributed by atoms with Gasteiger partial charge in [-0.3, -0.25) is 4.98 Å². The number of hydrogen-bond acceptors (Lipinski definition) is 2. The summed E-state index contributed by atoms with van der Waals surface area (Å²) in [6.45, 7) is 0. The minimum Gasteiger partial charge on any atom is -0.256 e. The molecule has 3 rings (SSSR count). The van der Waals surface area contributed by atoms with Gasteiger partial charge in [-0.15, -0.1) is 11.3 Å². The summed E-state index contributed by atoms with van der Waals surface area (Å²) >= 11 is 1.65. The second-order valence-electron chi connectivity index (χ2n) is 3.50. The second-order valence-corrected chi connectivity index (χ2v) is 4.42. The Labute approximate surface area is 96.2 Å². The van der Waals surface area contributed by atoms with E-state index in [1.54, 1.807) is 11.3 Å². The maximum absolute atomic E-state index is 13.1. The second kappa shape index (κ2) is 3.68. The van der Waals surface area contributed by atoms with Gasteiger partial charge in [-0.25, -0.2) is 4.39 Å². The summed E-state index contributed by atoms with van der Waals surface area (Å²) in [4.78, 5) is 4.21. The van der Waals surface area contributed by atoms with Gasteiger partial charge >= 0.3 is 0 Å². The first kappa shape index (κ1) is 9.48. The van der Waals surface area contributed by atoms with Crippen molar-refractivity contribution in [1.82, 2.24) is 4.98 Å². The molecule has 0 aliphatic carbocycles. The zero-order valence-electron chi connectivity index (χ0n) is 8.35. The van der Waals surface area contributed by atoms with Crippen LogP contribution >= 0.6 is 11.3 Å². The average molecular weight is 229 g/mol. The summed E-state index contributed by atoms with van der Waals surface area (Å²) in [6.07, 6.45) is 1.50. The van der Waals surface area contributed by atoms with E-state index in [1.807, 2.05) is 17.5 Å². The first-order valence-corrected chi connectivity index (χ1v) is 5.81. The minimum atomic E-state index is -0.251. The number of nitrogens with zero attached hydrogens (tertiary/aromatic N) is 1. The van der Waals surface area contributed by atoms with Crippen molar-refractivity contribution in [3.8, 4) is 11.3 Å². The van der Waals surface area contributed by atoms with Gasteiger partial charge in [-0.2, -0.15) is 0 Å². The monoisotopic (exact) mass is 229 g/mol. The van der Waals surface area contributed by atoms with E-state index in [-0.39, 0.29) is 5.82 Å². The smallest absolute Gasteiger partial charge is 0.126 e. The molecule has 0 unspecified atom stereocenters. The van der Waals surface area contributed by atoms with E-state index in [2.05, 4.69) is 17.1 Å². The van der Waals surface area contributed by atoms with Gasteiger partial charge in [0.1, 0.15) is 5.82 Å². The quantitative estimate of drug-likeness (QED) is 0.612. The molecule has 0 N–H and O–H groups in total. The highest BCUT2D eigenvalue weighted by Gasteiger charge is 2.06. The van der Waals surface area contributed by atoms with E-state index >= 15 is 0 Å². The van der Waals surface area contributed by atoms with Gasteiger partial charge in [0.2, 0.25) is 0 Å². The molecule has 1 nitrogen and oxygen atoms in total. The first-order valence-electron chi connectivity index (χ1n) is 4.93. The Morgan fingerprint density at radius 1 is 1.12 bits per heavy atom. The fourth-order valence-electron chi connectivity index (χ4n) is 1.75. The molecule has 2 heterocycles. The zero-order valence-corrected chi connectivity index (χ0v) is 9.17. The van der Waals surface area contributed by atoms with Crippen LogP contribution in [0, 0.1) is 5.82 Å². The summed E-state index contributed by atoms with van der Waals surface area (Å²) in [5, 5.41) is 3.21. The predicted octanol–water partition coefficient (Wildman–Crippen LogP) is 4.10. The molecular weight excluding hydrogens is 221 g/mol. The molecule has 1 aromatic carbocycles. The van der Waals surface area contributed by atoms with Crippen LogP contribution in [0.15, 0.2) is 48.0 Å². The van der Waals surface area contributed by atoms with Crippen molar-refractivity contribution in [2.75, 3.05) is 0 Å². The van der Waals surface area contributed by atoms with Gasteiger partial charge < -0.3 is 0 Å². The third-order valence-electron chi connectivity index (χ3n) is 2.48. The molecule has 0 saturated carbocycles. The SMILES string of the molecule is Fc1ccnc(-c2cccc3ccsc23)c1. The molecule has 0 aliphatic rings. The summed E-state index contributed by atoms with van der Waals surface area (Å²) < 4.78 is 14.3. The number of hydrogen-bond donors (Lipinski definition) is 0. The Morgan fingerprint density at radius 3 is 2.94 bits per heavy atom. The molecule has 0 radical (unpaired) electrons. The van der Waals surface area contributed by atoms with Crippen molar-refractivity contribution in [3.05, 3.63) is 53.8 Å². The third kappa shape index (κ3) is 1.49. The van der Waals surface area contributed by atoms with Crippen molar-refractivity contribution < 1.29 is 4.39 Å². The fraction of sp³-hybridized carbons (Fsp3) is 0. The Hall–Kier alpha value is -1.74. The molecule has 0 bridgehead atoms. The summed E-state index contributed by atoms with van der Waals surface area (Å²) in [6, 6.07) is 10.9. The van der Waals surface area contributed by atoms with Gasteiger partial charge in [0.25, 0.3) is 0 Å². The number of halogens is 1. The molecule has 0 aliphatic heterocycles. The largest absolute Gasteiger partial charge is 0.256 e. The summed E-state index contributed by atoms with van der Waals surface area (Å²) in [5.74, 6) is -0.251. The van der Waals surface area contributed by atoms with E-state index in [4.69, 9.17) is 0 Å². The third-order valence-corrected chi connectivity index (χ3v) is 3.44. The van der Waals surface area contributed by atoms with E-state index in [0.717, 1.165) is 10.3 Å². The molecule has 0 spiro atoms. The summed E-state index contributed by atoms with van der Waals surface area (Å²) in [5.41, 5.74) is 1.68. The highest BCUT2D eigenvalue weighted by atomic mass is 32.1. The Kier molecular flexibility index (Phi) is 2.18. The van der Waals surface area contributed by atoms with Crippen molar-refractivity contribution in [3.63, 3.8) is 0 Å². The van der Waals surface area contributed by atoms with Crippen LogP contribution in [0.4, 0.5) is 4.39 Å². The first-order chi connectivity index (χ1) is 7.84. The number of fused-ring (bicyclic) bond motifs is 1. The van der Waals surface area contributed by atoms with Gasteiger partial charge in [0.05, 0.1) is 5.69 Å². The van der Waals surface area contributed by atoms with Crippen LogP contribution in [-0.4, -0.2) is 4.98 Å². The maximum atomic E-state index is 13.1. The van der Waals surface area contributed by atoms with Crippen molar-refractivity contribution in [2.24, 2.45) is 0 Å². The number of rotatable bonds is 1. The van der Waals surface area contributed by atoms with E-state index in [1.165, 1.54) is 23.7 Å². The molecule has 2 aromatic heterocycles. The lowest BCUT2D eigenvalue weighted by Crippen LogP contribution is -1.84. The molecule has 0 saturated heterocycles. The Morgan fingerprint density at radius 2 is 2.06 bits per heavy atom. The van der Waals surface area contributed by atoms with E-state index < -0.39 is 0 Å². The molecule has 3 heteroatoms. The topological polar surface area (TPSA) is 12.9 Å². The van der Waals surface area contributed by atoms with Crippen LogP contribution in [0.2, 0.25) is 0 Å². The van der Waals surface area contributed by atoms with Crippen LogP contribution in [0.5, 0.6) is 0 Å². The Bertz CT molecular complexity index is 645. The molecule has 0 amide bonds. The van der Waals surface area contributed by atoms with E-state index in [9.17, 15) is 4.39 Å². The van der Waals surface area contributed by atoms with Gasteiger partial charge in [-0.1, -0.05) is 18.2 Å². The lowest BCUT2D eigenvalue weighted by molar-refractivity contribution is 0.626. The fourth-order valence-corrected chi connectivity index (χ4v) is 2.67. The van der Waals surface area contributed by atoms with Crippen molar-refractivity contribution >= 4 is 21.4 Å². The lowest BCUT2D eigenvalue weighted by Gasteiger charge is -2.02. The highest BCUT2D eigenvalue weighted by Crippen LogP contribution is 2.31. The zero-order chi connectivity index (χ0) is 11.0. The summed E-state index contributed by atoms with van der Waals surface area (Å²) in [7, 11) is 0. The van der Waals surface area contributed by atoms with Crippen molar-refractivity contribution in [2.45, 2.75) is 0 Å². The van der Waals surface area contributed by atoms with Crippen LogP contribution in [-0.2, 0) is 0 Å². The number of thiophene rings is 1. The number of pyridine rings is 1. The van der Waals surface area contributed by atoms with Gasteiger partial charge in [-0.05, 0) is 22.9 Å². The van der Waals surface area contributed by atoms with Crippen LogP contribution in [0.1, 0.15) is 0 Å². The molecule has 16 heavy (non-hydrogen) atoms. The molecular formula is C13H8FNS. The molecule has 78 valence electrons. The van der Waals surface area contributed by atoms with Gasteiger partial charge in [0.15, 0.2) is 0 Å². The molecule has 3 aromatic rings. The lowest BCUT2D eigenvalue weighted by atomic mass is 10.1. The number of benzene rings is 1. The van der Waals surface area contributed by atoms with Gasteiger partial charge in [0, 0.05) is 22.5 Å². The van der Waals surface area contributed by atoms with Crippen LogP contribution in [0.25, 0.3) is 21.3 Å². The molecule has 0 atom stereocenters. The van der Waals surface area contributed by atoms with Crippen LogP contribution < -0.4 is 0 Å². The maximum Gasteiger partial charge on any atom is 0.126 e. The molecule has 0 fully saturated rings. The highest BCUT2D eigenvalue weighted by molar-refractivity contribution is 7.17. The Balaban J connectivity index is 2.29. The van der Waals surface area contributed by atoms with Crippen molar-refractivity contribution in [1.29, 1.82) is 0 Å². The predicted molar refractivity (Wildman–Crippen MR) is 65.0 cm³/mol. The normalized spacial score (nSPS) is 10.8. The van der Waals surface area contributed by atoms with E-state index in [0.29, 0.717) is 5.69 Å². The van der Waals surface area contributed by atoms with Crippen LogP contribution in [0.3, 0.4) is 0 Å². The standard InChI is InChI=1S/C13H8FNS/c14-10-4-6-15-12(8-10)11-3-1-2-9-5-7-16-13(9)11/h1-8H. The minimum absolute atomic E-state index is 0.251.